The van der Waals surface area contributed by atoms with E-state index in [0.717, 1.165) is 63.6 Å². The third-order valence-corrected chi connectivity index (χ3v) is 25.0. The van der Waals surface area contributed by atoms with Crippen LogP contribution in [0.1, 0.15) is 143 Å². The number of nitrogens with one attached hydrogen (secondary N) is 4. The summed E-state index contributed by atoms with van der Waals surface area (Å²) in [5.74, 6) is -8.17. The minimum Gasteiger partial charge on any atom is -0.507 e. The molecule has 26 atom stereocenters. The molecule has 7 aliphatic rings. The van der Waals surface area contributed by atoms with Crippen LogP contribution in [0.3, 0.4) is 0 Å². The number of piperazine rings is 1. The number of amides is 3. The lowest BCUT2D eigenvalue weighted by Crippen LogP contribution is -2.66. The summed E-state index contributed by atoms with van der Waals surface area (Å²) in [7, 11) is 3.42. The van der Waals surface area contributed by atoms with Crippen molar-refractivity contribution in [3.63, 3.8) is 0 Å². The Kier molecular flexibility index (Phi) is 46.7. The number of thiocarbonyl (C=S) groups is 1. The summed E-state index contributed by atoms with van der Waals surface area (Å²) in [6.45, 7) is 23.4. The number of aromatic nitrogens is 4. The third-order valence-electron chi connectivity index (χ3n) is 24.8. The summed E-state index contributed by atoms with van der Waals surface area (Å²) in [5, 5.41) is 175. The lowest BCUT2D eigenvalue weighted by molar-refractivity contribution is -0.314. The highest BCUT2D eigenvalue weighted by atomic mass is 32.1. The summed E-state index contributed by atoms with van der Waals surface area (Å²) >= 11 is 4.82. The number of aromatic hydroxyl groups is 3. The maximum Gasteiger partial charge on any atom is 0.312 e. The van der Waals surface area contributed by atoms with E-state index in [1.165, 1.54) is 90.4 Å². The predicted octanol–water partition coefficient (Wildman–Crippen LogP) is -4.52. The lowest BCUT2D eigenvalue weighted by Gasteiger charge is -2.45. The number of ether oxygens (including phenoxy) is 8. The van der Waals surface area contributed by atoms with Gasteiger partial charge in [0, 0.05) is 160 Å². The molecule has 0 radical (unpaired) electrons. The van der Waals surface area contributed by atoms with Crippen LogP contribution in [-0.4, -0.2) is 372 Å². The Balaban J connectivity index is 0.000000314. The van der Waals surface area contributed by atoms with Crippen molar-refractivity contribution in [2.24, 2.45) is 84.7 Å². The first-order valence-corrected chi connectivity index (χ1v) is 46.3. The molecule has 12 rings (SSSR count). The SMILES string of the molecule is CCC(CO)NCCNC(CC)CO.CCc1cc(C(N)=S)ccn1.CO[C@@H]1/C=C/O[C@@]2(C)Oc3c(C)c(O)c4c(O)c(c(C=NN5CCN(C)CC5)c(O)c4c3C2=O)NC(=O)/C(C)=C\C=C\[C@H](C)[C@H](O)[C@@H](C)[C@@H](O)[C@@H](C)[C@H](OC(C)=O)[C@H]1C.C[C@]1(O)O[C@@H](OC2[C@H](O)C(O)C(N=C(N)N)[C@@H](O)[C@H]2N=C(N)N)C(OC2O[C@H](CO)C(O)[C@@H](O)C2N)[C@@]1(O)C=O.NC(=O)c1cnccn1.NNC(=O)c1ccncc1. The Morgan fingerprint density at radius 3 is 1.85 bits per heavy atom. The molecule has 0 spiro atoms. The van der Waals surface area contributed by atoms with E-state index in [2.05, 4.69) is 55.9 Å². The molecule has 3 amide bonds. The van der Waals surface area contributed by atoms with E-state index < -0.39 is 204 Å². The van der Waals surface area contributed by atoms with Crippen LogP contribution in [0, 0.1) is 30.6 Å². The number of nitrogen functional groups attached to an aromatic ring is 1. The zero-order valence-electron chi connectivity index (χ0n) is 82.1. The van der Waals surface area contributed by atoms with Gasteiger partial charge in [-0.2, -0.15) is 5.10 Å². The van der Waals surface area contributed by atoms with Crippen molar-refractivity contribution >= 4 is 87.6 Å². The van der Waals surface area contributed by atoms with E-state index >= 15 is 0 Å². The van der Waals surface area contributed by atoms with E-state index in [4.69, 9.17) is 106 Å². The van der Waals surface area contributed by atoms with Crippen LogP contribution in [0.5, 0.6) is 23.0 Å². The molecule has 143 heavy (non-hydrogen) atoms. The number of rotatable bonds is 25. The number of benzene rings is 2. The number of hydrazone groups is 1. The van der Waals surface area contributed by atoms with Crippen LogP contribution in [0.2, 0.25) is 0 Å². The molecular weight excluding hydrogens is 1900 g/mol. The number of methoxy groups -OCH3 is 1. The van der Waals surface area contributed by atoms with Crippen LogP contribution in [0.25, 0.3) is 10.8 Å². The summed E-state index contributed by atoms with van der Waals surface area (Å²) in [4.78, 5) is 98.8. The number of Topliss-reactive ketones (excluding diaryl/α,β-unsaturated/α-hetero) is 1. The second kappa shape index (κ2) is 55.6. The lowest BCUT2D eigenvalue weighted by atomic mass is 9.78. The van der Waals surface area contributed by atoms with Gasteiger partial charge in [0.15, 0.2) is 42.6 Å². The molecule has 35 N–H and O–H groups in total. The number of allylic oxidation sites excluding steroid dienone is 2. The fourth-order valence-corrected chi connectivity index (χ4v) is 15.9. The zero-order valence-corrected chi connectivity index (χ0v) is 82.9. The monoisotopic (exact) mass is 2040 g/mol. The minimum absolute atomic E-state index is 0.0559. The number of fused-ring (bicyclic) bond motifs is 14. The largest absolute Gasteiger partial charge is 0.507 e. The van der Waals surface area contributed by atoms with Crippen LogP contribution in [-0.2, 0) is 54.0 Å². The van der Waals surface area contributed by atoms with Crippen molar-refractivity contribution in [2.45, 2.75) is 236 Å². The van der Waals surface area contributed by atoms with Crippen LogP contribution in [0.4, 0.5) is 5.69 Å². The number of hydrogen-bond donors (Lipinski definition) is 27. The smallest absolute Gasteiger partial charge is 0.312 e. The molecule has 9 unspecified atom stereocenters. The molecule has 50 nitrogen and oxygen atoms in total. The second-order valence-electron chi connectivity index (χ2n) is 34.9. The molecular formula is C92H141N21O29S. The molecule has 5 aromatic rings. The van der Waals surface area contributed by atoms with Crippen molar-refractivity contribution in [2.75, 3.05) is 78.6 Å². The molecule has 1 saturated carbocycles. The van der Waals surface area contributed by atoms with Crippen LogP contribution >= 0.6 is 12.2 Å². The number of esters is 1. The average Bonchev–Trinajstić information content (AvgIpc) is 1.58. The van der Waals surface area contributed by atoms with Gasteiger partial charge in [0.1, 0.15) is 88.8 Å². The van der Waals surface area contributed by atoms with Crippen LogP contribution < -0.4 is 72.1 Å². The molecule has 3 aromatic heterocycles. The number of aliphatic hydroxyl groups excluding tert-OH is 10. The number of anilines is 1. The predicted molar refractivity (Wildman–Crippen MR) is 524 cm³/mol. The summed E-state index contributed by atoms with van der Waals surface area (Å²) < 4.78 is 45.6. The second-order valence-corrected chi connectivity index (χ2v) is 35.4. The summed E-state index contributed by atoms with van der Waals surface area (Å²) in [6.07, 6.45) is -1.38. The van der Waals surface area contributed by atoms with Gasteiger partial charge in [-0.05, 0) is 77.4 Å². The van der Waals surface area contributed by atoms with Gasteiger partial charge in [0.2, 0.25) is 11.4 Å². The van der Waals surface area contributed by atoms with Gasteiger partial charge in [-0.25, -0.2) is 20.8 Å². The van der Waals surface area contributed by atoms with Gasteiger partial charge in [-0.15, -0.1) is 0 Å². The van der Waals surface area contributed by atoms with E-state index in [9.17, 15) is 95.2 Å². The number of carbonyl (C=O) groups excluding carboxylic acids is 6. The highest BCUT2D eigenvalue weighted by Crippen LogP contribution is 2.55. The van der Waals surface area contributed by atoms with Crippen molar-refractivity contribution in [3.8, 4) is 23.0 Å². The number of nitrogens with two attached hydrogens (primary N) is 8. The van der Waals surface area contributed by atoms with Crippen molar-refractivity contribution in [1.29, 1.82) is 0 Å². The fraction of sp³-hybridized carbons (Fsp3) is 0.565. The Bertz CT molecular complexity index is 5180. The first-order chi connectivity index (χ1) is 67.4. The number of nitrogens with zero attached hydrogens (tertiary/aromatic N) is 9. The number of aliphatic imine (C=N–C) groups is 2. The Morgan fingerprint density at radius 1 is 0.720 bits per heavy atom. The van der Waals surface area contributed by atoms with Crippen molar-refractivity contribution in [3.05, 3.63) is 137 Å². The number of phenols is 3. The maximum atomic E-state index is 14.4. The quantitative estimate of drug-likeness (QED) is 0.00224. The first-order valence-electron chi connectivity index (χ1n) is 45.9. The van der Waals surface area contributed by atoms with E-state index in [0.29, 0.717) is 23.6 Å². The topological polar surface area (TPSA) is 831 Å². The number of likely N-dealkylation sites (N-methyl/N-ethyl adjacent to an activating group) is 1. The van der Waals surface area contributed by atoms with E-state index in [-0.39, 0.29) is 87.7 Å². The van der Waals surface area contributed by atoms with Gasteiger partial charge in [0.25, 0.3) is 23.5 Å². The number of pyridine rings is 2. The Hall–Kier alpha value is -11.5. The molecule has 1 aliphatic carbocycles. The number of guanidine groups is 2. The number of aryl methyl sites for hydroxylation is 1. The summed E-state index contributed by atoms with van der Waals surface area (Å²) in [6, 6.07) is 2.67. The van der Waals surface area contributed by atoms with E-state index in [1.807, 2.05) is 45.4 Å². The number of phenolic OH excluding ortho intramolecular Hbond substituents is 3. The number of hydrogen-bond acceptors (Lipinski definition) is 43. The molecule has 6 aliphatic heterocycles. The number of aldehydes is 1. The van der Waals surface area contributed by atoms with Crippen LogP contribution in [0.15, 0.2) is 113 Å². The first kappa shape index (κ1) is 120. The molecule has 51 heteroatoms. The summed E-state index contributed by atoms with van der Waals surface area (Å²) in [5.41, 5.74) is 39.2. The van der Waals surface area contributed by atoms with Gasteiger partial charge in [-0.3, -0.25) is 54.2 Å². The Morgan fingerprint density at radius 2 is 1.33 bits per heavy atom. The van der Waals surface area contributed by atoms with Gasteiger partial charge >= 0.3 is 11.8 Å². The van der Waals surface area contributed by atoms with Crippen molar-refractivity contribution < 1.29 is 143 Å². The highest BCUT2D eigenvalue weighted by Gasteiger charge is 2.67. The number of carbonyl (C=O) groups is 6. The molecule has 794 valence electrons. The van der Waals surface area contributed by atoms with Crippen molar-refractivity contribution in [1.82, 2.24) is 45.9 Å². The molecule has 5 bridgehead atoms. The number of hydrazine groups is 1. The van der Waals surface area contributed by atoms with Gasteiger partial charge in [-0.1, -0.05) is 78.9 Å². The maximum absolute atomic E-state index is 14.4. The zero-order chi connectivity index (χ0) is 107. The fourth-order valence-electron chi connectivity index (χ4n) is 15.8. The highest BCUT2D eigenvalue weighted by molar-refractivity contribution is 7.80. The molecule has 4 fully saturated rings. The third kappa shape index (κ3) is 31.1. The molecule has 9 heterocycles. The van der Waals surface area contributed by atoms with E-state index in [1.54, 1.807) is 63.2 Å². The number of aliphatic hydroxyl groups is 12. The Labute approximate surface area is 831 Å². The molecule has 2 aromatic carbocycles. The molecule has 3 saturated heterocycles. The normalized spacial score (nSPS) is 30.4. The number of ketones is 1. The standard InChI is InChI=1S/C43H58N4O12.C20H37N7O13.C10H24N2O2.C8H10N2S.C6H7N3O.C5H5N3O/c1-21-12-11-13-22(2)42(55)45-33-28(20-44-47-17-15-46(9)16-18-47)37(52)30-31(38(33)53)36(51)26(6)40-32(30)41(54)43(8,59-40)57-19-14-29(56-10)23(3)39(58-27(7)48)25(5)35(50)24(4)34(21)49;1-19(35)20(36,3-29)14(39-15-5(21)9(31)8(30)4(2-28)37-15)16(40-19)38-13-7(27-18(24)25)10(32)6(26-17(22)23)11(33)12(13)34;1-3-9(7-13)11-5-6-12-10(4-2)8-14;1-2-7-5-6(8(9)11)3-4-10-7;7-9-6(10)5-1-3-8-4-2-5;6-5(9)4-3-7-1-2-8-4/h11-14,19-21,23-25,29,34-35,39,49-53H,15-18H2,1-10H3,(H,45,55);3-16,28,30-36H,2,21H2,1H3,(H4,22,23,26)(H4,24,25,27);9-14H,3-8H2,1-2H3;3-5H,2H2,1H3,(H2,9,11);1-4H,7H2,(H,9,10);1-3H,(H2,6,9)/b12-11+,19-14+,22-13-,44-20?;;;;;/t21-,23-,24+,25+,29+,34-,35+,39+,43-;4-,5?,6?,7-,8?,9+,10-,11?,12-,13?,14?,15?,16-,19+,20+;;;;/m01..../s1. The average molecular weight is 2040 g/mol. The minimum atomic E-state index is -2.92. The van der Waals surface area contributed by atoms with Gasteiger partial charge < -0.3 is 175 Å². The van der Waals surface area contributed by atoms with Gasteiger partial charge in [0.05, 0.1) is 85.0 Å². The number of primary amides is 1.